The second kappa shape index (κ2) is 7.75. The number of esters is 1. The number of carbonyl (C=O) groups is 1. The number of anilines is 1. The van der Waals surface area contributed by atoms with Crippen LogP contribution in [0.25, 0.3) is 11.3 Å². The van der Waals surface area contributed by atoms with Crippen molar-refractivity contribution in [2.45, 2.75) is 12.7 Å². The van der Waals surface area contributed by atoms with Gasteiger partial charge in [-0.05, 0) is 35.9 Å². The minimum absolute atomic E-state index is 0.315. The first-order valence-electron chi connectivity index (χ1n) is 8.38. The predicted octanol–water partition coefficient (Wildman–Crippen LogP) is 4.50. The summed E-state index contributed by atoms with van der Waals surface area (Å²) in [5.74, 6) is -0.466. The first kappa shape index (κ1) is 19.5. The quantitative estimate of drug-likeness (QED) is 0.653. The van der Waals surface area contributed by atoms with E-state index in [2.05, 4.69) is 10.3 Å². The maximum absolute atomic E-state index is 12.7. The summed E-state index contributed by atoms with van der Waals surface area (Å²) in [7, 11) is 3.13. The summed E-state index contributed by atoms with van der Waals surface area (Å²) >= 11 is 0. The Bertz CT molecular complexity index is 979. The molecule has 0 amide bonds. The Labute approximate surface area is 159 Å². The molecule has 0 atom stereocenters. The number of halogens is 3. The number of alkyl halides is 3. The molecular weight excluding hydrogens is 371 g/mol. The van der Waals surface area contributed by atoms with Gasteiger partial charge in [-0.2, -0.15) is 13.2 Å². The van der Waals surface area contributed by atoms with Gasteiger partial charge in [0.2, 0.25) is 0 Å². The molecule has 1 N–H and O–H groups in total. The highest BCUT2D eigenvalue weighted by Crippen LogP contribution is 2.30. The third kappa shape index (κ3) is 4.33. The highest BCUT2D eigenvalue weighted by Gasteiger charge is 2.29. The Balaban J connectivity index is 1.86. The third-order valence-corrected chi connectivity index (χ3v) is 4.19. The molecule has 0 aliphatic carbocycles. The zero-order valence-electron chi connectivity index (χ0n) is 15.2. The molecule has 5 nitrogen and oxygen atoms in total. The average molecular weight is 389 g/mol. The summed E-state index contributed by atoms with van der Waals surface area (Å²) in [5, 5.41) is 3.20. The zero-order valence-corrected chi connectivity index (χ0v) is 15.2. The number of ether oxygens (including phenoxy) is 1. The van der Waals surface area contributed by atoms with Crippen LogP contribution in [0.15, 0.2) is 55.0 Å². The van der Waals surface area contributed by atoms with Crippen molar-refractivity contribution in [3.05, 3.63) is 71.7 Å². The van der Waals surface area contributed by atoms with E-state index >= 15 is 0 Å². The number of aromatic nitrogens is 2. The molecule has 0 fully saturated rings. The molecule has 0 spiro atoms. The van der Waals surface area contributed by atoms with Gasteiger partial charge in [-0.1, -0.05) is 12.1 Å². The van der Waals surface area contributed by atoms with Gasteiger partial charge in [-0.25, -0.2) is 9.78 Å². The van der Waals surface area contributed by atoms with E-state index in [1.807, 2.05) is 7.05 Å². The highest BCUT2D eigenvalue weighted by molar-refractivity contribution is 5.92. The lowest BCUT2D eigenvalue weighted by Crippen LogP contribution is -2.07. The van der Waals surface area contributed by atoms with Crippen molar-refractivity contribution in [1.82, 2.24) is 9.55 Å². The molecule has 2 aromatic carbocycles. The number of hydrogen-bond acceptors (Lipinski definition) is 4. The first-order valence-corrected chi connectivity index (χ1v) is 8.38. The van der Waals surface area contributed by atoms with Gasteiger partial charge in [0.1, 0.15) is 0 Å². The molecule has 28 heavy (non-hydrogen) atoms. The Kier molecular flexibility index (Phi) is 5.39. The highest BCUT2D eigenvalue weighted by atomic mass is 19.4. The molecule has 3 rings (SSSR count). The molecular formula is C20H18F3N3O2. The van der Waals surface area contributed by atoms with Gasteiger partial charge in [0, 0.05) is 31.0 Å². The summed E-state index contributed by atoms with van der Waals surface area (Å²) in [5.41, 5.74) is 2.43. The van der Waals surface area contributed by atoms with Gasteiger partial charge in [-0.3, -0.25) is 0 Å². The first-order chi connectivity index (χ1) is 13.3. The van der Waals surface area contributed by atoms with Crippen LogP contribution in [0, 0.1) is 0 Å². The molecule has 0 unspecified atom stereocenters. The van der Waals surface area contributed by atoms with Crippen LogP contribution in [0.4, 0.5) is 18.9 Å². The number of carbonyl (C=O) groups excluding carboxylic acids is 1. The van der Waals surface area contributed by atoms with Gasteiger partial charge < -0.3 is 14.6 Å². The summed E-state index contributed by atoms with van der Waals surface area (Å²) in [4.78, 5) is 16.2. The maximum atomic E-state index is 12.7. The van der Waals surface area contributed by atoms with Crippen LogP contribution < -0.4 is 5.32 Å². The van der Waals surface area contributed by atoms with E-state index < -0.39 is 17.7 Å². The largest absolute Gasteiger partial charge is 0.465 e. The van der Waals surface area contributed by atoms with E-state index in [1.165, 1.54) is 19.2 Å². The zero-order chi connectivity index (χ0) is 20.3. The number of benzene rings is 2. The minimum atomic E-state index is -4.36. The number of nitrogens with zero attached hydrogens (tertiary/aromatic N) is 2. The van der Waals surface area contributed by atoms with E-state index in [0.717, 1.165) is 12.1 Å². The van der Waals surface area contributed by atoms with E-state index in [9.17, 15) is 18.0 Å². The molecule has 1 heterocycles. The Morgan fingerprint density at radius 2 is 1.89 bits per heavy atom. The molecule has 0 bridgehead atoms. The van der Waals surface area contributed by atoms with Gasteiger partial charge in [0.25, 0.3) is 0 Å². The van der Waals surface area contributed by atoms with Crippen LogP contribution in [0.5, 0.6) is 0 Å². The minimum Gasteiger partial charge on any atom is -0.465 e. The van der Waals surface area contributed by atoms with E-state index in [4.69, 9.17) is 4.74 Å². The number of hydrogen-bond donors (Lipinski definition) is 1. The van der Waals surface area contributed by atoms with Gasteiger partial charge >= 0.3 is 12.1 Å². The fourth-order valence-electron chi connectivity index (χ4n) is 2.72. The van der Waals surface area contributed by atoms with Crippen LogP contribution in [0.1, 0.15) is 21.5 Å². The average Bonchev–Trinajstić information content (AvgIpc) is 3.11. The molecule has 0 aliphatic heterocycles. The molecule has 0 radical (unpaired) electrons. The molecule has 0 aliphatic rings. The second-order valence-electron chi connectivity index (χ2n) is 6.22. The van der Waals surface area contributed by atoms with E-state index in [1.54, 1.807) is 35.3 Å². The molecule has 3 aromatic rings. The standard InChI is InChI=1S/C20H18F3N3O2/c1-26-11-18(25-12-26)16-9-14(19(27)28-2)5-8-17(16)24-10-13-3-6-15(7-4-13)20(21,22)23/h3-9,11-12,24H,10H2,1-2H3. The topological polar surface area (TPSA) is 56.1 Å². The molecule has 1 aromatic heterocycles. The summed E-state index contributed by atoms with van der Waals surface area (Å²) in [6, 6.07) is 9.98. The number of nitrogens with one attached hydrogen (secondary N) is 1. The van der Waals surface area contributed by atoms with Crippen LogP contribution in [0.2, 0.25) is 0 Å². The van der Waals surface area contributed by atoms with Gasteiger partial charge in [-0.15, -0.1) is 0 Å². The lowest BCUT2D eigenvalue weighted by Gasteiger charge is -2.13. The van der Waals surface area contributed by atoms with Crippen molar-refractivity contribution in [2.24, 2.45) is 7.05 Å². The van der Waals surface area contributed by atoms with Crippen molar-refractivity contribution in [3.63, 3.8) is 0 Å². The fourth-order valence-corrected chi connectivity index (χ4v) is 2.72. The number of methoxy groups -OCH3 is 1. The van der Waals surface area contributed by atoms with Crippen molar-refractivity contribution >= 4 is 11.7 Å². The summed E-state index contributed by atoms with van der Waals surface area (Å²) < 4.78 is 44.6. The van der Waals surface area contributed by atoms with Gasteiger partial charge in [0.15, 0.2) is 0 Å². The van der Waals surface area contributed by atoms with E-state index in [0.29, 0.717) is 34.6 Å². The SMILES string of the molecule is COC(=O)c1ccc(NCc2ccc(C(F)(F)F)cc2)c(-c2cn(C)cn2)c1. The fraction of sp³-hybridized carbons (Fsp3) is 0.200. The Morgan fingerprint density at radius 1 is 1.18 bits per heavy atom. The lowest BCUT2D eigenvalue weighted by atomic mass is 10.1. The summed E-state index contributed by atoms with van der Waals surface area (Å²) in [6.45, 7) is 0.315. The number of aryl methyl sites for hydroxylation is 1. The Hall–Kier alpha value is -3.29. The van der Waals surface area contributed by atoms with Crippen LogP contribution in [-0.4, -0.2) is 22.6 Å². The molecule has 8 heteroatoms. The number of rotatable bonds is 5. The van der Waals surface area contributed by atoms with Crippen LogP contribution in [0.3, 0.4) is 0 Å². The smallest absolute Gasteiger partial charge is 0.416 e. The lowest BCUT2D eigenvalue weighted by molar-refractivity contribution is -0.137. The predicted molar refractivity (Wildman–Crippen MR) is 98.8 cm³/mol. The maximum Gasteiger partial charge on any atom is 0.416 e. The normalized spacial score (nSPS) is 11.3. The number of imidazole rings is 1. The van der Waals surface area contributed by atoms with Crippen LogP contribution >= 0.6 is 0 Å². The van der Waals surface area contributed by atoms with Crippen molar-refractivity contribution in [3.8, 4) is 11.3 Å². The van der Waals surface area contributed by atoms with Crippen LogP contribution in [-0.2, 0) is 24.5 Å². The third-order valence-electron chi connectivity index (χ3n) is 4.19. The Morgan fingerprint density at radius 3 is 2.46 bits per heavy atom. The molecule has 0 saturated carbocycles. The molecule has 146 valence electrons. The van der Waals surface area contributed by atoms with Crippen molar-refractivity contribution in [2.75, 3.05) is 12.4 Å². The van der Waals surface area contributed by atoms with Crippen molar-refractivity contribution in [1.29, 1.82) is 0 Å². The monoisotopic (exact) mass is 389 g/mol. The van der Waals surface area contributed by atoms with Crippen molar-refractivity contribution < 1.29 is 22.7 Å². The van der Waals surface area contributed by atoms with Gasteiger partial charge in [0.05, 0.1) is 30.3 Å². The second-order valence-corrected chi connectivity index (χ2v) is 6.22. The summed E-state index contributed by atoms with van der Waals surface area (Å²) in [6.07, 6.45) is -0.915. The molecule has 0 saturated heterocycles. The van der Waals surface area contributed by atoms with E-state index in [-0.39, 0.29) is 0 Å².